The SMILES string of the molecule is CCCOc1c(Br)cc(Br)cc1C=C(CNC)C(C)C. The number of hydrogen-bond acceptors (Lipinski definition) is 2. The van der Waals surface area contributed by atoms with Gasteiger partial charge in [0.15, 0.2) is 0 Å². The minimum absolute atomic E-state index is 0.499. The van der Waals surface area contributed by atoms with Crippen molar-refractivity contribution >= 4 is 37.9 Å². The van der Waals surface area contributed by atoms with Gasteiger partial charge >= 0.3 is 0 Å². The monoisotopic (exact) mass is 403 g/mol. The van der Waals surface area contributed by atoms with Crippen LogP contribution in [0.15, 0.2) is 26.7 Å². The first-order valence-electron chi connectivity index (χ1n) is 6.96. The molecule has 0 unspecified atom stereocenters. The van der Waals surface area contributed by atoms with E-state index in [1.165, 1.54) is 5.57 Å². The van der Waals surface area contributed by atoms with Gasteiger partial charge in [-0.15, -0.1) is 0 Å². The molecule has 1 rings (SSSR count). The summed E-state index contributed by atoms with van der Waals surface area (Å²) >= 11 is 7.15. The molecule has 0 atom stereocenters. The fourth-order valence-corrected chi connectivity index (χ4v) is 3.24. The molecule has 0 saturated heterocycles. The van der Waals surface area contributed by atoms with E-state index in [1.54, 1.807) is 0 Å². The number of nitrogens with one attached hydrogen (secondary N) is 1. The Bertz CT molecular complexity index is 470. The molecule has 0 spiro atoms. The quantitative estimate of drug-likeness (QED) is 0.669. The van der Waals surface area contributed by atoms with Gasteiger partial charge in [-0.1, -0.05) is 48.4 Å². The fourth-order valence-electron chi connectivity index (χ4n) is 1.87. The summed E-state index contributed by atoms with van der Waals surface area (Å²) in [6, 6.07) is 4.13. The van der Waals surface area contributed by atoms with E-state index in [2.05, 4.69) is 70.1 Å². The minimum Gasteiger partial charge on any atom is -0.492 e. The van der Waals surface area contributed by atoms with Gasteiger partial charge in [-0.05, 0) is 47.4 Å². The molecule has 0 heterocycles. The lowest BCUT2D eigenvalue weighted by Crippen LogP contribution is -2.14. The van der Waals surface area contributed by atoms with E-state index < -0.39 is 0 Å². The van der Waals surface area contributed by atoms with E-state index in [0.717, 1.165) is 39.8 Å². The largest absolute Gasteiger partial charge is 0.492 e. The Morgan fingerprint density at radius 2 is 2.05 bits per heavy atom. The summed E-state index contributed by atoms with van der Waals surface area (Å²) in [5, 5.41) is 3.23. The number of hydrogen-bond donors (Lipinski definition) is 1. The van der Waals surface area contributed by atoms with Crippen LogP contribution in [0.5, 0.6) is 5.75 Å². The van der Waals surface area contributed by atoms with Crippen molar-refractivity contribution in [3.8, 4) is 5.75 Å². The van der Waals surface area contributed by atoms with E-state index in [-0.39, 0.29) is 0 Å². The molecule has 0 radical (unpaired) electrons. The Labute approximate surface area is 139 Å². The van der Waals surface area contributed by atoms with Crippen molar-refractivity contribution in [1.82, 2.24) is 5.32 Å². The van der Waals surface area contributed by atoms with Gasteiger partial charge in [0.2, 0.25) is 0 Å². The second kappa shape index (κ2) is 8.85. The number of likely N-dealkylation sites (N-methyl/N-ethyl adjacent to an activating group) is 1. The molecule has 20 heavy (non-hydrogen) atoms. The van der Waals surface area contributed by atoms with Crippen LogP contribution in [0, 0.1) is 5.92 Å². The highest BCUT2D eigenvalue weighted by molar-refractivity contribution is 9.11. The first kappa shape index (κ1) is 17.7. The van der Waals surface area contributed by atoms with Crippen molar-refractivity contribution in [3.05, 3.63) is 32.2 Å². The molecule has 112 valence electrons. The zero-order chi connectivity index (χ0) is 15.1. The summed E-state index contributed by atoms with van der Waals surface area (Å²) in [5.74, 6) is 1.42. The highest BCUT2D eigenvalue weighted by atomic mass is 79.9. The molecule has 1 aromatic carbocycles. The maximum absolute atomic E-state index is 5.90. The Kier molecular flexibility index (Phi) is 7.85. The summed E-state index contributed by atoms with van der Waals surface area (Å²) in [5.41, 5.74) is 2.47. The number of ether oxygens (including phenoxy) is 1. The number of benzene rings is 1. The van der Waals surface area contributed by atoms with Gasteiger partial charge in [0.05, 0.1) is 11.1 Å². The standard InChI is InChI=1S/C16H23Br2NO/c1-5-6-20-16-12(8-14(17)9-15(16)18)7-13(10-19-4)11(2)3/h7-9,11,19H,5-6,10H2,1-4H3. The third kappa shape index (κ3) is 5.23. The molecule has 0 fully saturated rings. The van der Waals surface area contributed by atoms with Crippen molar-refractivity contribution in [2.24, 2.45) is 5.92 Å². The molecular weight excluding hydrogens is 382 g/mol. The second-order valence-corrected chi connectivity index (χ2v) is 6.83. The smallest absolute Gasteiger partial charge is 0.140 e. The van der Waals surface area contributed by atoms with Crippen LogP contribution in [-0.2, 0) is 0 Å². The van der Waals surface area contributed by atoms with Crippen LogP contribution in [-0.4, -0.2) is 20.2 Å². The van der Waals surface area contributed by atoms with Crippen molar-refractivity contribution in [1.29, 1.82) is 0 Å². The summed E-state index contributed by atoms with van der Waals surface area (Å²) in [6.07, 6.45) is 3.22. The Hall–Kier alpha value is -0.320. The van der Waals surface area contributed by atoms with E-state index in [0.29, 0.717) is 5.92 Å². The fraction of sp³-hybridized carbons (Fsp3) is 0.500. The minimum atomic E-state index is 0.499. The summed E-state index contributed by atoms with van der Waals surface area (Å²) in [4.78, 5) is 0. The second-order valence-electron chi connectivity index (χ2n) is 5.06. The molecule has 2 nitrogen and oxygen atoms in total. The van der Waals surface area contributed by atoms with E-state index >= 15 is 0 Å². The first-order valence-corrected chi connectivity index (χ1v) is 8.55. The zero-order valence-corrected chi connectivity index (χ0v) is 15.8. The highest BCUT2D eigenvalue weighted by Gasteiger charge is 2.11. The van der Waals surface area contributed by atoms with Crippen LogP contribution in [0.4, 0.5) is 0 Å². The van der Waals surface area contributed by atoms with Gasteiger partial charge in [-0.2, -0.15) is 0 Å². The summed E-state index contributed by atoms with van der Waals surface area (Å²) in [7, 11) is 1.97. The normalized spacial score (nSPS) is 12.1. The lowest BCUT2D eigenvalue weighted by molar-refractivity contribution is 0.315. The van der Waals surface area contributed by atoms with Crippen molar-refractivity contribution in [3.63, 3.8) is 0 Å². The summed E-state index contributed by atoms with van der Waals surface area (Å²) < 4.78 is 7.93. The predicted octanol–water partition coefficient (Wildman–Crippen LogP) is 5.26. The van der Waals surface area contributed by atoms with Gasteiger partial charge in [0, 0.05) is 16.6 Å². The molecule has 0 saturated carbocycles. The predicted molar refractivity (Wildman–Crippen MR) is 94.4 cm³/mol. The molecule has 0 bridgehead atoms. The average molecular weight is 405 g/mol. The molecule has 1 aromatic rings. The van der Waals surface area contributed by atoms with Crippen LogP contribution < -0.4 is 10.1 Å². The van der Waals surface area contributed by atoms with Gasteiger partial charge < -0.3 is 10.1 Å². The zero-order valence-electron chi connectivity index (χ0n) is 12.6. The van der Waals surface area contributed by atoms with Gasteiger partial charge in [0.25, 0.3) is 0 Å². The van der Waals surface area contributed by atoms with Gasteiger partial charge in [-0.3, -0.25) is 0 Å². The molecule has 0 aliphatic rings. The van der Waals surface area contributed by atoms with Crippen LogP contribution in [0.2, 0.25) is 0 Å². The lowest BCUT2D eigenvalue weighted by Gasteiger charge is -2.15. The van der Waals surface area contributed by atoms with Crippen molar-refractivity contribution in [2.45, 2.75) is 27.2 Å². The average Bonchev–Trinajstić information content (AvgIpc) is 2.37. The third-order valence-corrected chi connectivity index (χ3v) is 4.00. The van der Waals surface area contributed by atoms with E-state index in [1.807, 2.05) is 13.1 Å². The Morgan fingerprint density at radius 1 is 1.35 bits per heavy atom. The lowest BCUT2D eigenvalue weighted by atomic mass is 10.00. The molecule has 0 amide bonds. The van der Waals surface area contributed by atoms with Crippen molar-refractivity contribution < 1.29 is 4.74 Å². The maximum Gasteiger partial charge on any atom is 0.140 e. The van der Waals surface area contributed by atoms with Crippen LogP contribution in [0.3, 0.4) is 0 Å². The number of halogens is 2. The molecular formula is C16H23Br2NO. The van der Waals surface area contributed by atoms with Crippen molar-refractivity contribution in [2.75, 3.05) is 20.2 Å². The Morgan fingerprint density at radius 3 is 2.60 bits per heavy atom. The van der Waals surface area contributed by atoms with Crippen LogP contribution in [0.25, 0.3) is 6.08 Å². The molecule has 0 aliphatic carbocycles. The van der Waals surface area contributed by atoms with Crippen LogP contribution in [0.1, 0.15) is 32.8 Å². The molecule has 0 aromatic heterocycles. The van der Waals surface area contributed by atoms with Gasteiger partial charge in [-0.25, -0.2) is 0 Å². The van der Waals surface area contributed by atoms with Gasteiger partial charge in [0.1, 0.15) is 5.75 Å². The highest BCUT2D eigenvalue weighted by Crippen LogP contribution is 2.35. The molecule has 1 N–H and O–H groups in total. The van der Waals surface area contributed by atoms with E-state index in [4.69, 9.17) is 4.74 Å². The maximum atomic E-state index is 5.90. The Balaban J connectivity index is 3.22. The molecule has 4 heteroatoms. The first-order chi connectivity index (χ1) is 9.49. The van der Waals surface area contributed by atoms with E-state index in [9.17, 15) is 0 Å². The molecule has 0 aliphatic heterocycles. The summed E-state index contributed by atoms with van der Waals surface area (Å²) in [6.45, 7) is 8.15. The van der Waals surface area contributed by atoms with Crippen LogP contribution >= 0.6 is 31.9 Å². The topological polar surface area (TPSA) is 21.3 Å². The number of rotatable bonds is 7. The third-order valence-electron chi connectivity index (χ3n) is 2.95.